The number of aromatic nitrogens is 2. The number of aliphatic hydroxyl groups is 1. The number of aliphatic carboxylic acids is 2. The van der Waals surface area contributed by atoms with Crippen molar-refractivity contribution in [2.45, 2.75) is 68.6 Å². The van der Waals surface area contributed by atoms with Crippen LogP contribution in [0.3, 0.4) is 0 Å². The van der Waals surface area contributed by atoms with Crippen molar-refractivity contribution in [1.82, 2.24) is 20.0 Å². The highest BCUT2D eigenvalue weighted by molar-refractivity contribution is 5.73. The van der Waals surface area contributed by atoms with Crippen LogP contribution in [0.1, 0.15) is 49.3 Å². The summed E-state index contributed by atoms with van der Waals surface area (Å²) in [5, 5.41) is 33.6. The molecule has 0 saturated carbocycles. The molecule has 9 nitrogen and oxygen atoms in total. The van der Waals surface area contributed by atoms with Crippen molar-refractivity contribution >= 4 is 11.9 Å². The summed E-state index contributed by atoms with van der Waals surface area (Å²) in [7, 11) is 0. The lowest BCUT2D eigenvalue weighted by atomic mass is 9.72. The fourth-order valence-corrected chi connectivity index (χ4v) is 5.94. The second-order valence-corrected chi connectivity index (χ2v) is 10.5. The molecule has 2 atom stereocenters. The third-order valence-electron chi connectivity index (χ3n) is 8.03. The molecule has 1 spiro atoms. The third-order valence-corrected chi connectivity index (χ3v) is 8.03. The molecule has 4 N–H and O–H groups in total. The van der Waals surface area contributed by atoms with Crippen molar-refractivity contribution in [1.29, 1.82) is 0 Å². The van der Waals surface area contributed by atoms with Crippen LogP contribution < -0.4 is 5.32 Å². The van der Waals surface area contributed by atoms with E-state index < -0.39 is 24.3 Å². The number of hydrogen-bond donors (Lipinski definition) is 4. The van der Waals surface area contributed by atoms with Gasteiger partial charge in [-0.1, -0.05) is 24.3 Å². The maximum Gasteiger partial charge on any atom is 0.490 e. The Morgan fingerprint density at radius 3 is 2.00 bits per heavy atom. The van der Waals surface area contributed by atoms with Gasteiger partial charge in [-0.15, -0.1) is 0 Å². The molecule has 2 aliphatic heterocycles. The number of carboxylic acids is 2. The van der Waals surface area contributed by atoms with Crippen LogP contribution >= 0.6 is 0 Å². The first-order valence-corrected chi connectivity index (χ1v) is 13.5. The number of carboxylic acid groups (broad SMARTS) is 2. The number of carbonyl (C=O) groups is 2. The van der Waals surface area contributed by atoms with E-state index in [2.05, 4.69) is 45.8 Å². The number of aliphatic hydroxyl groups excluding tert-OH is 1. The highest BCUT2D eigenvalue weighted by Crippen LogP contribution is 2.52. The van der Waals surface area contributed by atoms with Gasteiger partial charge in [0.15, 0.2) is 0 Å². The number of hydrogen-bond acceptors (Lipinski definition) is 6. The number of benzene rings is 1. The van der Waals surface area contributed by atoms with Gasteiger partial charge in [0, 0.05) is 24.4 Å². The fraction of sp³-hybridized carbons (Fsp3) is 0.593. The third kappa shape index (κ3) is 8.22. The van der Waals surface area contributed by atoms with Crippen LogP contribution in [0.15, 0.2) is 42.7 Å². The molecule has 234 valence electrons. The molecule has 0 unspecified atom stereocenters. The van der Waals surface area contributed by atoms with Gasteiger partial charge in [0.25, 0.3) is 0 Å². The standard InChI is InChI=1S/C23H32N4O.2C2HF3O2/c28-22-21(19-4-1-2-5-20(19)23(22)9-12-24-13-10-23)26-15-6-18(7-16-26)8-17-27-14-3-11-25-27;2*3-2(4,5)1(6)7/h1-5,11,14,18,21-22,24,28H,6-10,12-13,15-17H2;2*(H,6,7)/t21-,22+;;/m1../s1. The Morgan fingerprint density at radius 2 is 1.50 bits per heavy atom. The van der Waals surface area contributed by atoms with Crippen LogP contribution in [0.2, 0.25) is 0 Å². The Kier molecular flexibility index (Phi) is 11.0. The first-order valence-electron chi connectivity index (χ1n) is 13.5. The highest BCUT2D eigenvalue weighted by Gasteiger charge is 2.53. The zero-order chi connectivity index (χ0) is 31.1. The lowest BCUT2D eigenvalue weighted by Crippen LogP contribution is -2.49. The lowest BCUT2D eigenvalue weighted by Gasteiger charge is -2.42. The van der Waals surface area contributed by atoms with Crippen LogP contribution in [0.25, 0.3) is 0 Å². The number of likely N-dealkylation sites (tertiary alicyclic amines) is 1. The number of piperidine rings is 2. The van der Waals surface area contributed by atoms with Gasteiger partial charge in [0.2, 0.25) is 0 Å². The Bertz CT molecular complexity index is 1140. The minimum Gasteiger partial charge on any atom is -0.475 e. The molecule has 2 aromatic rings. The van der Waals surface area contributed by atoms with E-state index in [4.69, 9.17) is 19.8 Å². The first kappa shape index (κ1) is 33.3. The molecule has 5 rings (SSSR count). The summed E-state index contributed by atoms with van der Waals surface area (Å²) < 4.78 is 65.5. The van der Waals surface area contributed by atoms with Gasteiger partial charge >= 0.3 is 24.3 Å². The predicted molar refractivity (Wildman–Crippen MR) is 137 cm³/mol. The summed E-state index contributed by atoms with van der Waals surface area (Å²) in [6.45, 7) is 5.21. The number of rotatable bonds is 4. The van der Waals surface area contributed by atoms with Gasteiger partial charge in [0.1, 0.15) is 0 Å². The predicted octanol–water partition coefficient (Wildman–Crippen LogP) is 3.99. The van der Waals surface area contributed by atoms with Gasteiger partial charge in [-0.05, 0) is 81.4 Å². The molecule has 2 saturated heterocycles. The average Bonchev–Trinajstić information content (AvgIpc) is 3.54. The van der Waals surface area contributed by atoms with Gasteiger partial charge in [-0.25, -0.2) is 9.59 Å². The van der Waals surface area contributed by atoms with Gasteiger partial charge < -0.3 is 20.6 Å². The molecule has 3 heterocycles. The van der Waals surface area contributed by atoms with E-state index in [1.165, 1.54) is 30.4 Å². The van der Waals surface area contributed by atoms with Gasteiger partial charge in [0.05, 0.1) is 12.1 Å². The molecule has 0 bridgehead atoms. The normalized spacial score (nSPS) is 22.4. The van der Waals surface area contributed by atoms with E-state index in [0.29, 0.717) is 0 Å². The number of fused-ring (bicyclic) bond motifs is 2. The molecular weight excluding hydrogens is 574 g/mol. The summed E-state index contributed by atoms with van der Waals surface area (Å²) in [6.07, 6.45) is -0.800. The molecule has 0 amide bonds. The smallest absolute Gasteiger partial charge is 0.475 e. The maximum absolute atomic E-state index is 11.6. The summed E-state index contributed by atoms with van der Waals surface area (Å²) in [4.78, 5) is 20.4. The van der Waals surface area contributed by atoms with Crippen LogP contribution in [-0.2, 0) is 21.5 Å². The molecule has 42 heavy (non-hydrogen) atoms. The number of aryl methyl sites for hydroxylation is 1. The minimum absolute atomic E-state index is 0.0521. The van der Waals surface area contributed by atoms with Gasteiger partial charge in [-0.3, -0.25) is 9.58 Å². The van der Waals surface area contributed by atoms with E-state index in [0.717, 1.165) is 51.5 Å². The van der Waals surface area contributed by atoms with E-state index in [9.17, 15) is 31.4 Å². The second kappa shape index (κ2) is 13.9. The zero-order valence-corrected chi connectivity index (χ0v) is 22.6. The molecule has 1 aromatic heterocycles. The Hall–Kier alpha value is -3.17. The van der Waals surface area contributed by atoms with Crippen molar-refractivity contribution in [3.05, 3.63) is 53.9 Å². The Balaban J connectivity index is 0.000000289. The number of nitrogens with zero attached hydrogens (tertiary/aromatic N) is 3. The van der Waals surface area contributed by atoms with Gasteiger partial charge in [-0.2, -0.15) is 31.4 Å². The molecule has 1 aromatic carbocycles. The summed E-state index contributed by atoms with van der Waals surface area (Å²) in [6, 6.07) is 11.0. The molecule has 0 radical (unpaired) electrons. The van der Waals surface area contributed by atoms with Crippen LogP contribution in [0.4, 0.5) is 26.3 Å². The average molecular weight is 609 g/mol. The van der Waals surface area contributed by atoms with Crippen molar-refractivity contribution in [2.75, 3.05) is 26.2 Å². The maximum atomic E-state index is 11.6. The van der Waals surface area contributed by atoms with Crippen molar-refractivity contribution < 1.29 is 51.3 Å². The topological polar surface area (TPSA) is 128 Å². The minimum atomic E-state index is -5.08. The van der Waals surface area contributed by atoms with Crippen LogP contribution in [0, 0.1) is 5.92 Å². The van der Waals surface area contributed by atoms with Crippen molar-refractivity contribution in [3.8, 4) is 0 Å². The lowest BCUT2D eigenvalue weighted by molar-refractivity contribution is -0.193. The highest BCUT2D eigenvalue weighted by atomic mass is 19.4. The first-order chi connectivity index (χ1) is 19.7. The summed E-state index contributed by atoms with van der Waals surface area (Å²) >= 11 is 0. The van der Waals surface area contributed by atoms with E-state index in [1.807, 2.05) is 16.9 Å². The SMILES string of the molecule is O=C(O)C(F)(F)F.O=C(O)C(F)(F)F.O[C@H]1[C@H](N2CCC(CCn3cccn3)CC2)c2ccccc2C12CCNCC2. The van der Waals surface area contributed by atoms with Crippen molar-refractivity contribution in [3.63, 3.8) is 0 Å². The summed E-state index contributed by atoms with van der Waals surface area (Å²) in [5.41, 5.74) is 2.74. The van der Waals surface area contributed by atoms with Crippen LogP contribution in [0.5, 0.6) is 0 Å². The van der Waals surface area contributed by atoms with Crippen molar-refractivity contribution in [2.24, 2.45) is 5.92 Å². The molecule has 3 aliphatic rings. The second-order valence-electron chi connectivity index (χ2n) is 10.5. The molecule has 1 aliphatic carbocycles. The number of nitrogens with one attached hydrogen (secondary N) is 1. The quantitative estimate of drug-likeness (QED) is 0.384. The molecular formula is C27H34F6N4O5. The molecule has 15 heteroatoms. The number of halogens is 6. The van der Waals surface area contributed by atoms with Crippen LogP contribution in [-0.4, -0.2) is 86.6 Å². The fourth-order valence-electron chi connectivity index (χ4n) is 5.94. The van der Waals surface area contributed by atoms with E-state index in [1.54, 1.807) is 0 Å². The summed E-state index contributed by atoms with van der Waals surface area (Å²) in [5.74, 6) is -4.75. The number of alkyl halides is 6. The van der Waals surface area contributed by atoms with E-state index >= 15 is 0 Å². The van der Waals surface area contributed by atoms with E-state index in [-0.39, 0.29) is 17.6 Å². The monoisotopic (exact) mass is 608 g/mol. The zero-order valence-electron chi connectivity index (χ0n) is 22.6. The Labute approximate surface area is 238 Å². The largest absolute Gasteiger partial charge is 0.490 e. The Morgan fingerprint density at radius 1 is 0.952 bits per heavy atom. The molecule has 2 fully saturated rings.